The van der Waals surface area contributed by atoms with E-state index in [9.17, 15) is 9.18 Å². The van der Waals surface area contributed by atoms with Gasteiger partial charge in [-0.25, -0.2) is 4.39 Å². The highest BCUT2D eigenvalue weighted by molar-refractivity contribution is 7.99. The second-order valence-electron chi connectivity index (χ2n) is 7.31. The second-order valence-corrected chi connectivity index (χ2v) is 8.30. The maximum atomic E-state index is 13.6. The van der Waals surface area contributed by atoms with Crippen molar-refractivity contribution in [1.82, 2.24) is 5.32 Å². The Bertz CT molecular complexity index is 806. The number of halogens is 1. The number of fused-ring (bicyclic) bond motifs is 1. The molecule has 3 rings (SSSR count). The van der Waals surface area contributed by atoms with E-state index >= 15 is 0 Å². The molecule has 2 aromatic rings. The van der Waals surface area contributed by atoms with E-state index in [0.717, 1.165) is 16.9 Å². The molecule has 0 fully saturated rings. The minimum atomic E-state index is -0.334. The van der Waals surface area contributed by atoms with Gasteiger partial charge in [-0.1, -0.05) is 30.3 Å². The van der Waals surface area contributed by atoms with Crippen LogP contribution in [0.4, 0.5) is 4.39 Å². The average Bonchev–Trinajstić information content (AvgIpc) is 2.55. The minimum absolute atomic E-state index is 0.0411. The van der Waals surface area contributed by atoms with Crippen LogP contribution in [0.2, 0.25) is 0 Å². The SMILES string of the molecule is Cc1ccc2c(c1)OC(C)(C)CC2NC(=O)CSCc1ccccc1F. The summed E-state index contributed by atoms with van der Waals surface area (Å²) in [4.78, 5) is 12.4. The molecule has 3 nitrogen and oxygen atoms in total. The number of aryl methyl sites for hydroxylation is 1. The Kier molecular flexibility index (Phi) is 5.56. The fourth-order valence-corrected chi connectivity index (χ4v) is 4.02. The summed E-state index contributed by atoms with van der Waals surface area (Å²) in [6.45, 7) is 6.09. The number of rotatable bonds is 5. The van der Waals surface area contributed by atoms with E-state index in [1.54, 1.807) is 12.1 Å². The van der Waals surface area contributed by atoms with Crippen molar-refractivity contribution in [2.24, 2.45) is 0 Å². The van der Waals surface area contributed by atoms with Gasteiger partial charge in [-0.05, 0) is 44.0 Å². The molecule has 0 aromatic heterocycles. The number of carbonyl (C=O) groups excluding carboxylic acids is 1. The van der Waals surface area contributed by atoms with Crippen molar-refractivity contribution < 1.29 is 13.9 Å². The zero-order chi connectivity index (χ0) is 18.7. The lowest BCUT2D eigenvalue weighted by atomic mass is 9.89. The monoisotopic (exact) mass is 373 g/mol. The summed E-state index contributed by atoms with van der Waals surface area (Å²) in [6.07, 6.45) is 0.715. The summed E-state index contributed by atoms with van der Waals surface area (Å²) in [5.41, 5.74) is 2.44. The summed E-state index contributed by atoms with van der Waals surface area (Å²) in [5.74, 6) is 1.35. The van der Waals surface area contributed by atoms with Crippen LogP contribution < -0.4 is 10.1 Å². The lowest BCUT2D eigenvalue weighted by Crippen LogP contribution is -2.41. The largest absolute Gasteiger partial charge is 0.487 e. The quantitative estimate of drug-likeness (QED) is 0.819. The van der Waals surface area contributed by atoms with Crippen LogP contribution in [0.3, 0.4) is 0 Å². The lowest BCUT2D eigenvalue weighted by molar-refractivity contribution is -0.119. The summed E-state index contributed by atoms with van der Waals surface area (Å²) < 4.78 is 19.7. The maximum Gasteiger partial charge on any atom is 0.230 e. The van der Waals surface area contributed by atoms with Crippen LogP contribution in [0, 0.1) is 12.7 Å². The van der Waals surface area contributed by atoms with E-state index in [1.165, 1.54) is 17.8 Å². The van der Waals surface area contributed by atoms with Crippen LogP contribution in [0.1, 0.15) is 43.0 Å². The Morgan fingerprint density at radius 2 is 2.08 bits per heavy atom. The van der Waals surface area contributed by atoms with Crippen molar-refractivity contribution in [3.63, 3.8) is 0 Å². The molecule has 1 aliphatic heterocycles. The van der Waals surface area contributed by atoms with Gasteiger partial charge in [0.15, 0.2) is 0 Å². The first-order valence-electron chi connectivity index (χ1n) is 8.74. The molecule has 0 saturated heterocycles. The molecular formula is C21H24FNO2S. The van der Waals surface area contributed by atoms with Crippen LogP contribution in [-0.4, -0.2) is 17.3 Å². The molecule has 26 heavy (non-hydrogen) atoms. The van der Waals surface area contributed by atoms with E-state index in [1.807, 2.05) is 45.0 Å². The fourth-order valence-electron chi connectivity index (χ4n) is 3.19. The van der Waals surface area contributed by atoms with E-state index in [0.29, 0.717) is 23.5 Å². The third-order valence-electron chi connectivity index (χ3n) is 4.41. The molecule has 1 atom stereocenters. The number of thioether (sulfide) groups is 1. The van der Waals surface area contributed by atoms with Crippen molar-refractivity contribution >= 4 is 17.7 Å². The summed E-state index contributed by atoms with van der Waals surface area (Å²) in [6, 6.07) is 12.7. The average molecular weight is 373 g/mol. The van der Waals surface area contributed by atoms with Crippen molar-refractivity contribution in [3.8, 4) is 5.75 Å². The van der Waals surface area contributed by atoms with Gasteiger partial charge in [0.2, 0.25) is 5.91 Å². The summed E-state index contributed by atoms with van der Waals surface area (Å²) >= 11 is 1.42. The third kappa shape index (κ3) is 4.58. The molecule has 1 N–H and O–H groups in total. The molecule has 1 heterocycles. The van der Waals surface area contributed by atoms with Gasteiger partial charge in [0.05, 0.1) is 11.8 Å². The first-order valence-corrected chi connectivity index (χ1v) is 9.90. The normalized spacial score (nSPS) is 17.9. The molecule has 1 unspecified atom stereocenters. The third-order valence-corrected chi connectivity index (χ3v) is 5.39. The highest BCUT2D eigenvalue weighted by Crippen LogP contribution is 2.39. The van der Waals surface area contributed by atoms with Gasteiger partial charge >= 0.3 is 0 Å². The first kappa shape index (κ1) is 18.8. The van der Waals surface area contributed by atoms with Crippen molar-refractivity contribution in [2.75, 3.05) is 5.75 Å². The van der Waals surface area contributed by atoms with Crippen LogP contribution in [0.15, 0.2) is 42.5 Å². The number of carbonyl (C=O) groups is 1. The zero-order valence-electron chi connectivity index (χ0n) is 15.3. The fraction of sp³-hybridized carbons (Fsp3) is 0.381. The Morgan fingerprint density at radius 1 is 1.31 bits per heavy atom. The van der Waals surface area contributed by atoms with E-state index in [-0.39, 0.29) is 23.4 Å². The Labute approximate surface area is 158 Å². The topological polar surface area (TPSA) is 38.3 Å². The number of ether oxygens (including phenoxy) is 1. The van der Waals surface area contributed by atoms with Crippen LogP contribution in [-0.2, 0) is 10.5 Å². The van der Waals surface area contributed by atoms with Crippen molar-refractivity contribution in [2.45, 2.75) is 44.6 Å². The molecule has 0 radical (unpaired) electrons. The van der Waals surface area contributed by atoms with Crippen LogP contribution >= 0.6 is 11.8 Å². The minimum Gasteiger partial charge on any atom is -0.487 e. The van der Waals surface area contributed by atoms with Crippen molar-refractivity contribution in [1.29, 1.82) is 0 Å². The van der Waals surface area contributed by atoms with Gasteiger partial charge in [-0.2, -0.15) is 0 Å². The summed E-state index contributed by atoms with van der Waals surface area (Å²) in [5, 5.41) is 3.12. The zero-order valence-corrected chi connectivity index (χ0v) is 16.2. The van der Waals surface area contributed by atoms with E-state index in [2.05, 4.69) is 5.32 Å². The number of amides is 1. The van der Waals surface area contributed by atoms with Crippen molar-refractivity contribution in [3.05, 3.63) is 65.0 Å². The summed E-state index contributed by atoms with van der Waals surface area (Å²) in [7, 11) is 0. The standard InChI is InChI=1S/C21H24FNO2S/c1-14-8-9-16-18(11-21(2,3)25-19(16)10-14)23-20(24)13-26-12-15-6-4-5-7-17(15)22/h4-10,18H,11-13H2,1-3H3,(H,23,24). The maximum absolute atomic E-state index is 13.6. The molecule has 5 heteroatoms. The molecule has 1 aliphatic rings. The number of hydrogen-bond donors (Lipinski definition) is 1. The van der Waals surface area contributed by atoms with Crippen LogP contribution in [0.25, 0.3) is 0 Å². The smallest absolute Gasteiger partial charge is 0.230 e. The Morgan fingerprint density at radius 3 is 2.85 bits per heavy atom. The van der Waals surface area contributed by atoms with Gasteiger partial charge in [0, 0.05) is 17.7 Å². The van der Waals surface area contributed by atoms with E-state index in [4.69, 9.17) is 4.74 Å². The number of hydrogen-bond acceptors (Lipinski definition) is 3. The van der Waals surface area contributed by atoms with E-state index < -0.39 is 0 Å². The highest BCUT2D eigenvalue weighted by atomic mass is 32.2. The molecule has 138 valence electrons. The predicted octanol–water partition coefficient (Wildman–Crippen LogP) is 4.79. The van der Waals surface area contributed by atoms with Gasteiger partial charge in [-0.15, -0.1) is 11.8 Å². The van der Waals surface area contributed by atoms with Gasteiger partial charge in [-0.3, -0.25) is 4.79 Å². The molecule has 0 aliphatic carbocycles. The molecule has 0 spiro atoms. The lowest BCUT2D eigenvalue weighted by Gasteiger charge is -2.38. The number of nitrogens with one attached hydrogen (secondary N) is 1. The van der Waals surface area contributed by atoms with Gasteiger partial charge < -0.3 is 10.1 Å². The number of benzene rings is 2. The van der Waals surface area contributed by atoms with Crippen LogP contribution in [0.5, 0.6) is 5.75 Å². The second kappa shape index (κ2) is 7.70. The molecule has 2 aromatic carbocycles. The molecule has 0 bridgehead atoms. The Hall–Kier alpha value is -2.01. The molecule has 1 amide bonds. The highest BCUT2D eigenvalue weighted by Gasteiger charge is 2.34. The predicted molar refractivity (Wildman–Crippen MR) is 104 cm³/mol. The first-order chi connectivity index (χ1) is 12.3. The molecule has 0 saturated carbocycles. The van der Waals surface area contributed by atoms with Gasteiger partial charge in [0.1, 0.15) is 17.2 Å². The Balaban J connectivity index is 1.61. The van der Waals surface area contributed by atoms with Gasteiger partial charge in [0.25, 0.3) is 0 Å². The molecular weight excluding hydrogens is 349 g/mol.